The van der Waals surface area contributed by atoms with Crippen molar-refractivity contribution in [3.8, 4) is 6.07 Å². The summed E-state index contributed by atoms with van der Waals surface area (Å²) >= 11 is 5.90. The topological polar surface area (TPSA) is 60.2 Å². The van der Waals surface area contributed by atoms with Crippen molar-refractivity contribution in [2.75, 3.05) is 18.0 Å². The van der Waals surface area contributed by atoms with Crippen LogP contribution < -0.4 is 4.90 Å². The van der Waals surface area contributed by atoms with Crippen LogP contribution in [-0.4, -0.2) is 23.2 Å². The minimum absolute atomic E-state index is 0.217. The Morgan fingerprint density at radius 2 is 1.91 bits per heavy atom. The standard InChI is InChI=1S/C18H18ClN3O/c19-16-3-1-13(2-4-16)18(23)14-6-9-22(10-7-14)17-12-21-8-5-15(17)11-20/h1-5,8,12,14,18,23H,6-7,9-10H2/t18-/m0/s1. The maximum atomic E-state index is 10.6. The molecule has 1 aromatic carbocycles. The van der Waals surface area contributed by atoms with Gasteiger partial charge in [0, 0.05) is 24.3 Å². The third kappa shape index (κ3) is 3.47. The number of benzene rings is 1. The lowest BCUT2D eigenvalue weighted by Gasteiger charge is -2.35. The Labute approximate surface area is 141 Å². The number of pyridine rings is 1. The highest BCUT2D eigenvalue weighted by Crippen LogP contribution is 2.33. The number of aliphatic hydroxyl groups excluding tert-OH is 1. The second-order valence-electron chi connectivity index (χ2n) is 5.83. The van der Waals surface area contributed by atoms with Crippen molar-refractivity contribution in [1.29, 1.82) is 5.26 Å². The predicted molar refractivity (Wildman–Crippen MR) is 90.3 cm³/mol. The summed E-state index contributed by atoms with van der Waals surface area (Å²) in [6.45, 7) is 1.63. The molecule has 0 radical (unpaired) electrons. The highest BCUT2D eigenvalue weighted by molar-refractivity contribution is 6.30. The second-order valence-corrected chi connectivity index (χ2v) is 6.26. The summed E-state index contributed by atoms with van der Waals surface area (Å²) in [5.74, 6) is 0.217. The van der Waals surface area contributed by atoms with Crippen LogP contribution in [0.5, 0.6) is 0 Å². The summed E-state index contributed by atoms with van der Waals surface area (Å²) in [4.78, 5) is 6.30. The molecule has 1 aliphatic rings. The molecule has 1 aliphatic heterocycles. The summed E-state index contributed by atoms with van der Waals surface area (Å²) in [7, 11) is 0. The molecule has 2 aromatic rings. The van der Waals surface area contributed by atoms with Crippen LogP contribution >= 0.6 is 11.6 Å². The quantitative estimate of drug-likeness (QED) is 0.936. The van der Waals surface area contributed by atoms with Gasteiger partial charge in [-0.25, -0.2) is 0 Å². The van der Waals surface area contributed by atoms with Gasteiger partial charge in [0.15, 0.2) is 0 Å². The molecule has 0 bridgehead atoms. The van der Waals surface area contributed by atoms with E-state index in [1.54, 1.807) is 18.5 Å². The van der Waals surface area contributed by atoms with Crippen molar-refractivity contribution >= 4 is 17.3 Å². The molecule has 0 aliphatic carbocycles. The van der Waals surface area contributed by atoms with Gasteiger partial charge >= 0.3 is 0 Å². The maximum Gasteiger partial charge on any atom is 0.101 e. The van der Waals surface area contributed by atoms with E-state index >= 15 is 0 Å². The van der Waals surface area contributed by atoms with Crippen molar-refractivity contribution < 1.29 is 5.11 Å². The number of piperidine rings is 1. The fourth-order valence-corrected chi connectivity index (χ4v) is 3.25. The van der Waals surface area contributed by atoms with E-state index in [2.05, 4.69) is 16.0 Å². The molecular weight excluding hydrogens is 310 g/mol. The van der Waals surface area contributed by atoms with Gasteiger partial charge in [-0.15, -0.1) is 0 Å². The first-order valence-electron chi connectivity index (χ1n) is 7.71. The third-order valence-electron chi connectivity index (χ3n) is 4.46. The van der Waals surface area contributed by atoms with E-state index in [1.165, 1.54) is 0 Å². The normalized spacial score (nSPS) is 16.8. The molecule has 0 amide bonds. The van der Waals surface area contributed by atoms with Crippen LogP contribution in [0.15, 0.2) is 42.7 Å². The Hall–Kier alpha value is -2.09. The Morgan fingerprint density at radius 1 is 1.22 bits per heavy atom. The molecule has 1 atom stereocenters. The molecule has 4 nitrogen and oxygen atoms in total. The Morgan fingerprint density at radius 3 is 2.57 bits per heavy atom. The van der Waals surface area contributed by atoms with E-state index < -0.39 is 6.10 Å². The van der Waals surface area contributed by atoms with Crippen LogP contribution in [0.2, 0.25) is 5.02 Å². The van der Waals surface area contributed by atoms with Crippen LogP contribution in [0.4, 0.5) is 5.69 Å². The molecule has 0 unspecified atom stereocenters. The zero-order chi connectivity index (χ0) is 16.2. The Balaban J connectivity index is 1.66. The zero-order valence-corrected chi connectivity index (χ0v) is 13.4. The molecule has 0 saturated carbocycles. The van der Waals surface area contributed by atoms with Crippen LogP contribution in [0.3, 0.4) is 0 Å². The van der Waals surface area contributed by atoms with Gasteiger partial charge in [-0.05, 0) is 42.5 Å². The minimum Gasteiger partial charge on any atom is -0.388 e. The highest BCUT2D eigenvalue weighted by atomic mass is 35.5. The van der Waals surface area contributed by atoms with Gasteiger partial charge in [0.05, 0.1) is 23.6 Å². The molecule has 0 spiro atoms. The molecule has 118 valence electrons. The largest absolute Gasteiger partial charge is 0.388 e. The number of aliphatic hydroxyl groups is 1. The van der Waals surface area contributed by atoms with E-state index in [0.717, 1.165) is 37.2 Å². The number of hydrogen-bond acceptors (Lipinski definition) is 4. The first-order valence-corrected chi connectivity index (χ1v) is 8.09. The molecule has 2 heterocycles. The average molecular weight is 328 g/mol. The lowest BCUT2D eigenvalue weighted by Crippen LogP contribution is -2.36. The number of nitriles is 1. The summed E-state index contributed by atoms with van der Waals surface area (Å²) in [5.41, 5.74) is 2.44. The molecular formula is C18H18ClN3O. The zero-order valence-electron chi connectivity index (χ0n) is 12.7. The van der Waals surface area contributed by atoms with Crippen LogP contribution in [-0.2, 0) is 0 Å². The van der Waals surface area contributed by atoms with E-state index in [0.29, 0.717) is 10.6 Å². The van der Waals surface area contributed by atoms with Gasteiger partial charge in [0.25, 0.3) is 0 Å². The van der Waals surface area contributed by atoms with Gasteiger partial charge in [0.1, 0.15) is 6.07 Å². The third-order valence-corrected chi connectivity index (χ3v) is 4.71. The molecule has 1 aromatic heterocycles. The second kappa shape index (κ2) is 6.99. The van der Waals surface area contributed by atoms with Crippen molar-refractivity contribution in [2.24, 2.45) is 5.92 Å². The highest BCUT2D eigenvalue weighted by Gasteiger charge is 2.27. The van der Waals surface area contributed by atoms with Crippen molar-refractivity contribution in [2.45, 2.75) is 18.9 Å². The SMILES string of the molecule is N#Cc1ccncc1N1CCC([C@@H](O)c2ccc(Cl)cc2)CC1. The lowest BCUT2D eigenvalue weighted by molar-refractivity contribution is 0.0930. The van der Waals surface area contributed by atoms with Gasteiger partial charge in [-0.2, -0.15) is 5.26 Å². The van der Waals surface area contributed by atoms with E-state index in [-0.39, 0.29) is 5.92 Å². The monoisotopic (exact) mass is 327 g/mol. The van der Waals surface area contributed by atoms with E-state index in [4.69, 9.17) is 11.6 Å². The lowest BCUT2D eigenvalue weighted by atomic mass is 9.87. The fraction of sp³-hybridized carbons (Fsp3) is 0.333. The molecule has 1 fully saturated rings. The summed E-state index contributed by atoms with van der Waals surface area (Å²) < 4.78 is 0. The summed E-state index contributed by atoms with van der Waals surface area (Å²) in [6.07, 6.45) is 4.67. The average Bonchev–Trinajstić information content (AvgIpc) is 2.62. The van der Waals surface area contributed by atoms with Gasteiger partial charge < -0.3 is 10.0 Å². The molecule has 1 saturated heterocycles. The summed E-state index contributed by atoms with van der Waals surface area (Å²) in [6, 6.07) is 11.3. The number of rotatable bonds is 3. The molecule has 5 heteroatoms. The van der Waals surface area contributed by atoms with Crippen molar-refractivity contribution in [3.63, 3.8) is 0 Å². The number of aromatic nitrogens is 1. The number of halogens is 1. The van der Waals surface area contributed by atoms with Crippen LogP contribution in [0.1, 0.15) is 30.1 Å². The van der Waals surface area contributed by atoms with Gasteiger partial charge in [0.2, 0.25) is 0 Å². The van der Waals surface area contributed by atoms with Crippen molar-refractivity contribution in [3.05, 3.63) is 58.9 Å². The van der Waals surface area contributed by atoms with Gasteiger partial charge in [-0.1, -0.05) is 23.7 Å². The Kier molecular flexibility index (Phi) is 4.80. The smallest absolute Gasteiger partial charge is 0.101 e. The number of hydrogen-bond donors (Lipinski definition) is 1. The summed E-state index contributed by atoms with van der Waals surface area (Å²) in [5, 5.41) is 20.4. The molecule has 1 N–H and O–H groups in total. The van der Waals surface area contributed by atoms with E-state index in [1.807, 2.05) is 24.3 Å². The fourth-order valence-electron chi connectivity index (χ4n) is 3.12. The van der Waals surface area contributed by atoms with Crippen LogP contribution in [0, 0.1) is 17.2 Å². The predicted octanol–water partition coefficient (Wildman–Crippen LogP) is 3.56. The van der Waals surface area contributed by atoms with E-state index in [9.17, 15) is 10.4 Å². The maximum absolute atomic E-state index is 10.6. The first-order chi connectivity index (χ1) is 11.2. The minimum atomic E-state index is -0.473. The number of nitrogens with zero attached hydrogens (tertiary/aromatic N) is 3. The first kappa shape index (κ1) is 15.8. The van der Waals surface area contributed by atoms with Crippen LogP contribution in [0.25, 0.3) is 0 Å². The Bertz CT molecular complexity index is 703. The van der Waals surface area contributed by atoms with Gasteiger partial charge in [-0.3, -0.25) is 4.98 Å². The molecule has 23 heavy (non-hydrogen) atoms. The van der Waals surface area contributed by atoms with Crippen molar-refractivity contribution in [1.82, 2.24) is 4.98 Å². The number of anilines is 1. The molecule has 3 rings (SSSR count).